The number of amides is 3. The summed E-state index contributed by atoms with van der Waals surface area (Å²) in [5.74, 6) is 1.33. The van der Waals surface area contributed by atoms with Crippen molar-refractivity contribution in [3.8, 4) is 5.75 Å². The second-order valence-electron chi connectivity index (χ2n) is 8.20. The Morgan fingerprint density at radius 3 is 2.52 bits per heavy atom. The molecule has 1 N–H and O–H groups in total. The highest BCUT2D eigenvalue weighted by Crippen LogP contribution is 2.54. The van der Waals surface area contributed by atoms with Gasteiger partial charge in [-0.1, -0.05) is 48.0 Å². The highest BCUT2D eigenvalue weighted by atomic mass is 32.2. The van der Waals surface area contributed by atoms with Crippen molar-refractivity contribution in [3.05, 3.63) is 89.5 Å². The number of methoxy groups -OCH3 is 1. The fourth-order valence-electron chi connectivity index (χ4n) is 4.47. The first-order valence-corrected chi connectivity index (χ1v) is 11.8. The van der Waals surface area contributed by atoms with E-state index >= 15 is 0 Å². The minimum Gasteiger partial charge on any atom is -0.497 e. The van der Waals surface area contributed by atoms with Gasteiger partial charge in [-0.2, -0.15) is 0 Å². The molecule has 0 aromatic heterocycles. The molecule has 0 aliphatic carbocycles. The normalized spacial score (nSPS) is 19.2. The van der Waals surface area contributed by atoms with Gasteiger partial charge >= 0.3 is 6.03 Å². The summed E-state index contributed by atoms with van der Waals surface area (Å²) in [6, 6.07) is 22.9. The molecule has 5 rings (SSSR count). The fraction of sp³-hybridized carbons (Fsp3) is 0.231. The fourth-order valence-corrected chi connectivity index (χ4v) is 5.93. The number of carbonyl (C=O) groups is 2. The number of fused-ring (bicyclic) bond motifs is 2. The van der Waals surface area contributed by atoms with Gasteiger partial charge in [0.15, 0.2) is 4.87 Å². The molecule has 33 heavy (non-hydrogen) atoms. The number of rotatable bonds is 4. The average Bonchev–Trinajstić information content (AvgIpc) is 3.38. The Labute approximate surface area is 197 Å². The van der Waals surface area contributed by atoms with E-state index in [1.807, 2.05) is 48.2 Å². The summed E-state index contributed by atoms with van der Waals surface area (Å²) < 4.78 is 5.19. The molecule has 3 aromatic rings. The van der Waals surface area contributed by atoms with Crippen LogP contribution in [-0.2, 0) is 16.2 Å². The number of para-hydroxylation sites is 1. The molecule has 0 bridgehead atoms. The Bertz CT molecular complexity index is 1200. The third-order valence-corrected chi connectivity index (χ3v) is 7.57. The van der Waals surface area contributed by atoms with E-state index in [1.165, 1.54) is 17.3 Å². The maximum Gasteiger partial charge on any atom is 0.323 e. The monoisotopic (exact) mass is 459 g/mol. The van der Waals surface area contributed by atoms with Crippen molar-refractivity contribution in [3.63, 3.8) is 0 Å². The van der Waals surface area contributed by atoms with Gasteiger partial charge in [0.05, 0.1) is 19.3 Å². The minimum absolute atomic E-state index is 0.0725. The van der Waals surface area contributed by atoms with Gasteiger partial charge in [-0.05, 0) is 42.8 Å². The molecular formula is C26H25N3O3S. The molecule has 168 valence electrons. The number of anilines is 2. The first-order chi connectivity index (χ1) is 16.0. The van der Waals surface area contributed by atoms with Crippen molar-refractivity contribution in [1.82, 2.24) is 4.90 Å². The summed E-state index contributed by atoms with van der Waals surface area (Å²) >= 11 is 1.53. The molecule has 3 aromatic carbocycles. The number of nitrogens with zero attached hydrogens (tertiary/aromatic N) is 2. The van der Waals surface area contributed by atoms with Crippen LogP contribution in [0.2, 0.25) is 0 Å². The predicted octanol–water partition coefficient (Wildman–Crippen LogP) is 4.98. The number of ether oxygens (including phenoxy) is 1. The topological polar surface area (TPSA) is 61.9 Å². The number of thioether (sulfide) groups is 1. The maximum atomic E-state index is 14.0. The molecule has 1 unspecified atom stereocenters. The number of aryl methyl sites for hydroxylation is 1. The average molecular weight is 460 g/mol. The Morgan fingerprint density at radius 1 is 1.06 bits per heavy atom. The molecular weight excluding hydrogens is 434 g/mol. The van der Waals surface area contributed by atoms with Crippen LogP contribution in [0.15, 0.2) is 72.8 Å². The van der Waals surface area contributed by atoms with Crippen LogP contribution in [0.25, 0.3) is 0 Å². The summed E-state index contributed by atoms with van der Waals surface area (Å²) in [5.41, 5.74) is 4.62. The van der Waals surface area contributed by atoms with E-state index in [1.54, 1.807) is 36.3 Å². The number of hydrogen-bond donors (Lipinski definition) is 1. The molecule has 7 heteroatoms. The first kappa shape index (κ1) is 21.4. The van der Waals surface area contributed by atoms with Gasteiger partial charge in [0, 0.05) is 23.5 Å². The quantitative estimate of drug-likeness (QED) is 0.598. The van der Waals surface area contributed by atoms with Crippen LogP contribution in [0, 0.1) is 6.92 Å². The Kier molecular flexibility index (Phi) is 5.50. The molecule has 0 saturated carbocycles. The zero-order valence-corrected chi connectivity index (χ0v) is 19.4. The number of hydrogen-bond acceptors (Lipinski definition) is 4. The van der Waals surface area contributed by atoms with Crippen molar-refractivity contribution in [1.29, 1.82) is 0 Å². The summed E-state index contributed by atoms with van der Waals surface area (Å²) in [4.78, 5) is 29.8. The summed E-state index contributed by atoms with van der Waals surface area (Å²) in [6.45, 7) is 3.00. The maximum absolute atomic E-state index is 14.0. The second kappa shape index (κ2) is 8.48. The summed E-state index contributed by atoms with van der Waals surface area (Å²) in [5, 5.41) is 2.96. The predicted molar refractivity (Wildman–Crippen MR) is 132 cm³/mol. The van der Waals surface area contributed by atoms with Crippen molar-refractivity contribution in [2.45, 2.75) is 18.3 Å². The second-order valence-corrected chi connectivity index (χ2v) is 9.48. The number of nitrogens with one attached hydrogen (secondary N) is 1. The summed E-state index contributed by atoms with van der Waals surface area (Å²) in [6.07, 6.45) is 0. The van der Waals surface area contributed by atoms with Crippen LogP contribution in [0.3, 0.4) is 0 Å². The SMILES string of the molecule is COc1ccc(NC(=O)N2CCSC23C(=O)N(Cc2ccc(C)cc2)c2ccccc23)cc1. The van der Waals surface area contributed by atoms with E-state index < -0.39 is 4.87 Å². The van der Waals surface area contributed by atoms with E-state index in [4.69, 9.17) is 4.74 Å². The van der Waals surface area contributed by atoms with E-state index in [0.29, 0.717) is 30.3 Å². The Balaban J connectivity index is 1.47. The van der Waals surface area contributed by atoms with Crippen LogP contribution in [0.5, 0.6) is 5.75 Å². The lowest BCUT2D eigenvalue weighted by molar-refractivity contribution is -0.123. The van der Waals surface area contributed by atoms with Crippen LogP contribution in [-0.4, -0.2) is 36.2 Å². The highest BCUT2D eigenvalue weighted by Gasteiger charge is 2.59. The van der Waals surface area contributed by atoms with Gasteiger partial charge in [0.2, 0.25) is 0 Å². The third-order valence-electron chi connectivity index (χ3n) is 6.15. The van der Waals surface area contributed by atoms with Gasteiger partial charge in [-0.25, -0.2) is 4.79 Å². The molecule has 2 heterocycles. The number of urea groups is 1. The first-order valence-electron chi connectivity index (χ1n) is 10.9. The van der Waals surface area contributed by atoms with Crippen LogP contribution in [0.4, 0.5) is 16.2 Å². The lowest BCUT2D eigenvalue weighted by Gasteiger charge is -2.33. The van der Waals surface area contributed by atoms with Gasteiger partial charge in [-0.15, -0.1) is 11.8 Å². The van der Waals surface area contributed by atoms with Crippen molar-refractivity contribution >= 4 is 35.1 Å². The molecule has 1 spiro atoms. The molecule has 1 saturated heterocycles. The van der Waals surface area contributed by atoms with Gasteiger partial charge in [0.25, 0.3) is 5.91 Å². The van der Waals surface area contributed by atoms with E-state index in [2.05, 4.69) is 17.4 Å². The smallest absolute Gasteiger partial charge is 0.323 e. The van der Waals surface area contributed by atoms with Crippen LogP contribution in [0.1, 0.15) is 16.7 Å². The summed E-state index contributed by atoms with van der Waals surface area (Å²) in [7, 11) is 1.60. The largest absolute Gasteiger partial charge is 0.497 e. The zero-order valence-electron chi connectivity index (χ0n) is 18.6. The minimum atomic E-state index is -1.06. The highest BCUT2D eigenvalue weighted by molar-refractivity contribution is 8.01. The van der Waals surface area contributed by atoms with E-state index in [9.17, 15) is 9.59 Å². The third kappa shape index (κ3) is 3.62. The Morgan fingerprint density at radius 2 is 1.79 bits per heavy atom. The van der Waals surface area contributed by atoms with E-state index in [0.717, 1.165) is 16.8 Å². The molecule has 2 aliphatic heterocycles. The Hall–Kier alpha value is -3.45. The van der Waals surface area contributed by atoms with Crippen molar-refractivity contribution in [2.24, 2.45) is 0 Å². The van der Waals surface area contributed by atoms with Gasteiger partial charge in [0.1, 0.15) is 5.75 Å². The molecule has 1 fully saturated rings. The molecule has 6 nitrogen and oxygen atoms in total. The van der Waals surface area contributed by atoms with Gasteiger partial charge < -0.3 is 15.0 Å². The van der Waals surface area contributed by atoms with Crippen molar-refractivity contribution < 1.29 is 14.3 Å². The lowest BCUT2D eigenvalue weighted by Crippen LogP contribution is -2.51. The van der Waals surface area contributed by atoms with Crippen LogP contribution < -0.4 is 15.0 Å². The molecule has 1 atom stereocenters. The molecule has 3 amide bonds. The molecule has 2 aliphatic rings. The standard InChI is InChI=1S/C26H25N3O3S/c1-18-7-9-19(10-8-18)17-28-23-6-4-3-5-22(23)26(24(28)30)29(15-16-33-26)25(31)27-20-11-13-21(32-2)14-12-20/h3-14H,15-17H2,1-2H3,(H,27,31). The molecule has 0 radical (unpaired) electrons. The zero-order chi connectivity index (χ0) is 23.0. The number of benzene rings is 3. The van der Waals surface area contributed by atoms with Crippen molar-refractivity contribution in [2.75, 3.05) is 29.6 Å². The van der Waals surface area contributed by atoms with Gasteiger partial charge in [-0.3, -0.25) is 9.69 Å². The lowest BCUT2D eigenvalue weighted by atomic mass is 10.1. The van der Waals surface area contributed by atoms with Crippen LogP contribution >= 0.6 is 11.8 Å². The number of carbonyl (C=O) groups excluding carboxylic acids is 2. The van der Waals surface area contributed by atoms with E-state index in [-0.39, 0.29) is 11.9 Å².